The molecule has 1 aromatic carbocycles. The lowest BCUT2D eigenvalue weighted by molar-refractivity contribution is -0.124. The number of hydrogen-bond donors (Lipinski definition) is 1. The predicted molar refractivity (Wildman–Crippen MR) is 84.0 cm³/mol. The Balaban J connectivity index is 2.07. The fraction of sp³-hybridized carbons (Fsp3) is 0.412. The lowest BCUT2D eigenvalue weighted by Crippen LogP contribution is -2.34. The summed E-state index contributed by atoms with van der Waals surface area (Å²) in [5.74, 6) is -0.00877. The number of aromatic nitrogens is 2. The number of rotatable bonds is 5. The van der Waals surface area contributed by atoms with E-state index >= 15 is 0 Å². The highest BCUT2D eigenvalue weighted by Crippen LogP contribution is 2.18. The van der Waals surface area contributed by atoms with E-state index in [-0.39, 0.29) is 18.0 Å². The molecule has 2 aromatic rings. The number of carbonyl (C=O) groups excluding carboxylic acids is 1. The molecule has 0 fully saturated rings. The molecule has 4 heteroatoms. The maximum absolute atomic E-state index is 12.4. The molecule has 4 nitrogen and oxygen atoms in total. The first-order valence-corrected chi connectivity index (χ1v) is 7.39. The van der Waals surface area contributed by atoms with Crippen LogP contribution in [0.5, 0.6) is 0 Å². The fourth-order valence-electron chi connectivity index (χ4n) is 2.28. The van der Waals surface area contributed by atoms with Crippen molar-refractivity contribution < 1.29 is 4.79 Å². The molecule has 2 atom stereocenters. The topological polar surface area (TPSA) is 46.9 Å². The van der Waals surface area contributed by atoms with Crippen molar-refractivity contribution in [2.75, 3.05) is 0 Å². The van der Waals surface area contributed by atoms with E-state index in [9.17, 15) is 4.79 Å². The summed E-state index contributed by atoms with van der Waals surface area (Å²) in [6, 6.07) is 8.03. The van der Waals surface area contributed by atoms with Gasteiger partial charge in [0.2, 0.25) is 5.91 Å². The lowest BCUT2D eigenvalue weighted by Gasteiger charge is -2.20. The third-order valence-corrected chi connectivity index (χ3v) is 3.71. The predicted octanol–water partition coefficient (Wildman–Crippen LogP) is 3.33. The zero-order chi connectivity index (χ0) is 15.4. The minimum absolute atomic E-state index is 0.00877. The van der Waals surface area contributed by atoms with Gasteiger partial charge in [-0.1, -0.05) is 36.8 Å². The van der Waals surface area contributed by atoms with Crippen LogP contribution in [0.1, 0.15) is 49.0 Å². The molecule has 2 unspecified atom stereocenters. The molecule has 1 amide bonds. The number of nitrogens with one attached hydrogen (secondary N) is 1. The van der Waals surface area contributed by atoms with Crippen LogP contribution < -0.4 is 5.32 Å². The molecular formula is C17H23N3O. The molecule has 0 radical (unpaired) electrons. The lowest BCUT2D eigenvalue weighted by atomic mass is 10.0. The minimum Gasteiger partial charge on any atom is -0.347 e. The zero-order valence-electron chi connectivity index (χ0n) is 13.1. The highest BCUT2D eigenvalue weighted by Gasteiger charge is 2.19. The van der Waals surface area contributed by atoms with Crippen LogP contribution in [0.4, 0.5) is 0 Å². The molecule has 0 aliphatic carbocycles. The van der Waals surface area contributed by atoms with E-state index in [1.807, 2.05) is 20.0 Å². The second-order valence-electron chi connectivity index (χ2n) is 5.55. The number of amides is 1. The molecule has 1 aromatic heterocycles. The third-order valence-electron chi connectivity index (χ3n) is 3.71. The Labute approximate surface area is 126 Å². The first-order valence-electron chi connectivity index (χ1n) is 7.39. The average molecular weight is 285 g/mol. The number of hydrogen-bond acceptors (Lipinski definition) is 2. The van der Waals surface area contributed by atoms with Gasteiger partial charge in [0.25, 0.3) is 0 Å². The normalized spacial score (nSPS) is 13.7. The average Bonchev–Trinajstić information content (AvgIpc) is 2.91. The largest absolute Gasteiger partial charge is 0.347 e. The SMILES string of the molecule is CCC(NC(=O)C(C)n1cc(C)cn1)c1ccc(C)cc1. The van der Waals surface area contributed by atoms with Crippen LogP contribution in [0.25, 0.3) is 0 Å². The van der Waals surface area contributed by atoms with Gasteiger partial charge < -0.3 is 5.32 Å². The molecule has 2 rings (SSSR count). The van der Waals surface area contributed by atoms with Gasteiger partial charge in [0.1, 0.15) is 6.04 Å². The van der Waals surface area contributed by atoms with E-state index < -0.39 is 0 Å². The second-order valence-corrected chi connectivity index (χ2v) is 5.55. The molecule has 0 spiro atoms. The second kappa shape index (κ2) is 6.57. The van der Waals surface area contributed by atoms with Gasteiger partial charge in [0, 0.05) is 6.20 Å². The first-order chi connectivity index (χ1) is 10.0. The van der Waals surface area contributed by atoms with Crippen molar-refractivity contribution in [2.45, 2.75) is 46.2 Å². The van der Waals surface area contributed by atoms with Crippen molar-refractivity contribution in [1.82, 2.24) is 15.1 Å². The monoisotopic (exact) mass is 285 g/mol. The Hall–Kier alpha value is -2.10. The van der Waals surface area contributed by atoms with E-state index in [0.717, 1.165) is 17.5 Å². The summed E-state index contributed by atoms with van der Waals surface area (Å²) < 4.78 is 1.70. The van der Waals surface area contributed by atoms with Crippen molar-refractivity contribution in [3.05, 3.63) is 53.3 Å². The highest BCUT2D eigenvalue weighted by atomic mass is 16.2. The summed E-state index contributed by atoms with van der Waals surface area (Å²) in [7, 11) is 0. The summed E-state index contributed by atoms with van der Waals surface area (Å²) in [6.45, 7) is 7.97. The minimum atomic E-state index is -0.307. The van der Waals surface area contributed by atoms with Gasteiger partial charge in [-0.2, -0.15) is 5.10 Å². The van der Waals surface area contributed by atoms with E-state index in [2.05, 4.69) is 48.5 Å². The van der Waals surface area contributed by atoms with Gasteiger partial charge >= 0.3 is 0 Å². The molecule has 0 aliphatic heterocycles. The molecule has 1 heterocycles. The van der Waals surface area contributed by atoms with Crippen LogP contribution in [0.3, 0.4) is 0 Å². The van der Waals surface area contributed by atoms with E-state index in [1.54, 1.807) is 10.9 Å². The third kappa shape index (κ3) is 3.72. The summed E-state index contributed by atoms with van der Waals surface area (Å²) in [4.78, 5) is 12.4. The summed E-state index contributed by atoms with van der Waals surface area (Å²) in [5.41, 5.74) is 3.42. The molecular weight excluding hydrogens is 262 g/mol. The molecule has 0 aliphatic rings. The van der Waals surface area contributed by atoms with Crippen molar-refractivity contribution in [1.29, 1.82) is 0 Å². The van der Waals surface area contributed by atoms with Crippen LogP contribution in [-0.4, -0.2) is 15.7 Å². The zero-order valence-corrected chi connectivity index (χ0v) is 13.1. The number of benzene rings is 1. The number of aryl methyl sites for hydroxylation is 2. The molecule has 1 N–H and O–H groups in total. The summed E-state index contributed by atoms with van der Waals surface area (Å²) in [6.07, 6.45) is 4.51. The molecule has 0 bridgehead atoms. The Kier molecular flexibility index (Phi) is 4.78. The molecule has 0 saturated heterocycles. The molecule has 21 heavy (non-hydrogen) atoms. The van der Waals surface area contributed by atoms with E-state index in [1.165, 1.54) is 5.56 Å². The highest BCUT2D eigenvalue weighted by molar-refractivity contribution is 5.80. The van der Waals surface area contributed by atoms with Crippen molar-refractivity contribution in [3.8, 4) is 0 Å². The maximum atomic E-state index is 12.4. The summed E-state index contributed by atoms with van der Waals surface area (Å²) >= 11 is 0. The van der Waals surface area contributed by atoms with Crippen LogP contribution in [-0.2, 0) is 4.79 Å². The van der Waals surface area contributed by atoms with E-state index in [4.69, 9.17) is 0 Å². The van der Waals surface area contributed by atoms with E-state index in [0.29, 0.717) is 0 Å². The van der Waals surface area contributed by atoms with Crippen molar-refractivity contribution in [3.63, 3.8) is 0 Å². The van der Waals surface area contributed by atoms with Gasteiger partial charge in [0.15, 0.2) is 0 Å². The number of nitrogens with zero attached hydrogens (tertiary/aromatic N) is 2. The van der Waals surface area contributed by atoms with Crippen LogP contribution in [0.2, 0.25) is 0 Å². The van der Waals surface area contributed by atoms with Gasteiger partial charge in [-0.15, -0.1) is 0 Å². The van der Waals surface area contributed by atoms with Gasteiger partial charge in [-0.05, 0) is 38.3 Å². The smallest absolute Gasteiger partial charge is 0.245 e. The first kappa shape index (κ1) is 15.3. The summed E-state index contributed by atoms with van der Waals surface area (Å²) in [5, 5.41) is 7.32. The molecule has 0 saturated carbocycles. The van der Waals surface area contributed by atoms with Gasteiger partial charge in [-0.25, -0.2) is 0 Å². The standard InChI is InChI=1S/C17H23N3O/c1-5-16(15-8-6-12(2)7-9-15)19-17(21)14(4)20-11-13(3)10-18-20/h6-11,14,16H,5H2,1-4H3,(H,19,21). The van der Waals surface area contributed by atoms with Gasteiger partial charge in [0.05, 0.1) is 12.2 Å². The Morgan fingerprint density at radius 3 is 2.43 bits per heavy atom. The Morgan fingerprint density at radius 2 is 1.90 bits per heavy atom. The molecule has 112 valence electrons. The quantitative estimate of drug-likeness (QED) is 0.916. The number of carbonyl (C=O) groups is 1. The Bertz CT molecular complexity index is 601. The Morgan fingerprint density at radius 1 is 1.24 bits per heavy atom. The maximum Gasteiger partial charge on any atom is 0.245 e. The van der Waals surface area contributed by atoms with Gasteiger partial charge in [-0.3, -0.25) is 9.48 Å². The van der Waals surface area contributed by atoms with Crippen molar-refractivity contribution >= 4 is 5.91 Å². The van der Waals surface area contributed by atoms with Crippen LogP contribution in [0, 0.1) is 13.8 Å². The van der Waals surface area contributed by atoms with Crippen LogP contribution >= 0.6 is 0 Å². The fourth-order valence-corrected chi connectivity index (χ4v) is 2.28. The van der Waals surface area contributed by atoms with Crippen molar-refractivity contribution in [2.24, 2.45) is 0 Å². The van der Waals surface area contributed by atoms with Crippen LogP contribution in [0.15, 0.2) is 36.7 Å².